The molecule has 1 fully saturated rings. The quantitative estimate of drug-likeness (QED) is 0.785. The summed E-state index contributed by atoms with van der Waals surface area (Å²) in [5, 5.41) is 3.01. The van der Waals surface area contributed by atoms with Crippen molar-refractivity contribution in [3.63, 3.8) is 0 Å². The van der Waals surface area contributed by atoms with Gasteiger partial charge in [0, 0.05) is 45.2 Å². The molecule has 0 radical (unpaired) electrons. The van der Waals surface area contributed by atoms with Gasteiger partial charge >= 0.3 is 6.03 Å². The SMILES string of the molecule is CCN(Cc1ccncc1)C(=O)NCCC[C@H]1CCOC1. The fourth-order valence-corrected chi connectivity index (χ4v) is 2.54. The number of carbonyl (C=O) groups is 1. The van der Waals surface area contributed by atoms with Crippen molar-refractivity contribution in [3.8, 4) is 0 Å². The average molecular weight is 291 g/mol. The molecule has 0 spiro atoms. The van der Waals surface area contributed by atoms with Gasteiger partial charge in [-0.05, 0) is 49.8 Å². The Morgan fingerprint density at radius 3 is 2.95 bits per heavy atom. The molecule has 5 heteroatoms. The van der Waals surface area contributed by atoms with E-state index in [2.05, 4.69) is 10.3 Å². The van der Waals surface area contributed by atoms with Crippen molar-refractivity contribution in [2.45, 2.75) is 32.7 Å². The van der Waals surface area contributed by atoms with Crippen LogP contribution in [0.15, 0.2) is 24.5 Å². The number of hydrogen-bond donors (Lipinski definition) is 1. The molecule has 0 saturated carbocycles. The van der Waals surface area contributed by atoms with Crippen LogP contribution in [0.2, 0.25) is 0 Å². The summed E-state index contributed by atoms with van der Waals surface area (Å²) in [7, 11) is 0. The molecule has 1 saturated heterocycles. The van der Waals surface area contributed by atoms with Crippen molar-refractivity contribution in [3.05, 3.63) is 30.1 Å². The van der Waals surface area contributed by atoms with E-state index in [1.165, 1.54) is 0 Å². The molecule has 116 valence electrons. The van der Waals surface area contributed by atoms with Crippen LogP contribution >= 0.6 is 0 Å². The van der Waals surface area contributed by atoms with Gasteiger partial charge in [-0.25, -0.2) is 4.79 Å². The lowest BCUT2D eigenvalue weighted by molar-refractivity contribution is 0.183. The summed E-state index contributed by atoms with van der Waals surface area (Å²) in [6.07, 6.45) is 6.83. The van der Waals surface area contributed by atoms with Crippen LogP contribution in [0.5, 0.6) is 0 Å². The molecule has 0 aliphatic carbocycles. The number of urea groups is 1. The van der Waals surface area contributed by atoms with Gasteiger partial charge in [-0.15, -0.1) is 0 Å². The second-order valence-corrected chi connectivity index (χ2v) is 5.47. The summed E-state index contributed by atoms with van der Waals surface area (Å²) in [6, 6.07) is 3.89. The summed E-state index contributed by atoms with van der Waals surface area (Å²) >= 11 is 0. The molecule has 1 aromatic rings. The van der Waals surface area contributed by atoms with Gasteiger partial charge in [-0.2, -0.15) is 0 Å². The predicted molar refractivity (Wildman–Crippen MR) is 81.9 cm³/mol. The minimum absolute atomic E-state index is 0.0111. The Morgan fingerprint density at radius 1 is 1.48 bits per heavy atom. The molecule has 0 bridgehead atoms. The van der Waals surface area contributed by atoms with E-state index in [9.17, 15) is 4.79 Å². The average Bonchev–Trinajstić information content (AvgIpc) is 3.03. The lowest BCUT2D eigenvalue weighted by Gasteiger charge is -2.21. The second-order valence-electron chi connectivity index (χ2n) is 5.47. The second kappa shape index (κ2) is 8.62. The number of carbonyl (C=O) groups excluding carboxylic acids is 1. The predicted octanol–water partition coefficient (Wildman–Crippen LogP) is 2.43. The molecular weight excluding hydrogens is 266 g/mol. The van der Waals surface area contributed by atoms with E-state index in [-0.39, 0.29) is 6.03 Å². The van der Waals surface area contributed by atoms with Gasteiger partial charge in [0.15, 0.2) is 0 Å². The first-order valence-electron chi connectivity index (χ1n) is 7.79. The third-order valence-corrected chi connectivity index (χ3v) is 3.88. The summed E-state index contributed by atoms with van der Waals surface area (Å²) in [6.45, 7) is 5.84. The number of hydrogen-bond acceptors (Lipinski definition) is 3. The summed E-state index contributed by atoms with van der Waals surface area (Å²) in [5.41, 5.74) is 1.10. The van der Waals surface area contributed by atoms with E-state index in [0.717, 1.165) is 44.6 Å². The Morgan fingerprint density at radius 2 is 2.29 bits per heavy atom. The summed E-state index contributed by atoms with van der Waals surface area (Å²) in [5.74, 6) is 0.681. The van der Waals surface area contributed by atoms with Gasteiger partial charge in [0.2, 0.25) is 0 Å². The van der Waals surface area contributed by atoms with Crippen LogP contribution in [0.3, 0.4) is 0 Å². The number of pyridine rings is 1. The molecule has 2 rings (SSSR count). The minimum Gasteiger partial charge on any atom is -0.381 e. The van der Waals surface area contributed by atoms with Crippen LogP contribution in [0.4, 0.5) is 4.79 Å². The fraction of sp³-hybridized carbons (Fsp3) is 0.625. The largest absolute Gasteiger partial charge is 0.381 e. The Kier molecular flexibility index (Phi) is 6.47. The summed E-state index contributed by atoms with van der Waals surface area (Å²) < 4.78 is 5.36. The number of nitrogens with zero attached hydrogens (tertiary/aromatic N) is 2. The van der Waals surface area contributed by atoms with E-state index >= 15 is 0 Å². The smallest absolute Gasteiger partial charge is 0.317 e. The number of aromatic nitrogens is 1. The molecule has 2 amide bonds. The Labute approximate surface area is 126 Å². The van der Waals surface area contributed by atoms with Crippen LogP contribution in [0.1, 0.15) is 31.7 Å². The van der Waals surface area contributed by atoms with E-state index < -0.39 is 0 Å². The third kappa shape index (κ3) is 5.34. The van der Waals surface area contributed by atoms with E-state index in [4.69, 9.17) is 4.74 Å². The highest BCUT2D eigenvalue weighted by molar-refractivity contribution is 5.74. The molecule has 21 heavy (non-hydrogen) atoms. The molecule has 1 aliphatic rings. The molecule has 1 N–H and O–H groups in total. The number of rotatable bonds is 7. The Bertz CT molecular complexity index is 419. The Hall–Kier alpha value is -1.62. The highest BCUT2D eigenvalue weighted by Gasteiger charge is 2.15. The molecule has 5 nitrogen and oxygen atoms in total. The van der Waals surface area contributed by atoms with Crippen LogP contribution < -0.4 is 5.32 Å². The van der Waals surface area contributed by atoms with E-state index in [1.807, 2.05) is 24.0 Å². The first-order valence-corrected chi connectivity index (χ1v) is 7.79. The zero-order valence-electron chi connectivity index (χ0n) is 12.8. The third-order valence-electron chi connectivity index (χ3n) is 3.88. The molecule has 1 aliphatic heterocycles. The first-order chi connectivity index (χ1) is 10.3. The van der Waals surface area contributed by atoms with Crippen LogP contribution in [0.25, 0.3) is 0 Å². The van der Waals surface area contributed by atoms with Crippen LogP contribution in [-0.2, 0) is 11.3 Å². The maximum Gasteiger partial charge on any atom is 0.317 e. The fourth-order valence-electron chi connectivity index (χ4n) is 2.54. The maximum absolute atomic E-state index is 12.1. The normalized spacial score (nSPS) is 17.7. The van der Waals surface area contributed by atoms with E-state index in [1.54, 1.807) is 12.4 Å². The van der Waals surface area contributed by atoms with E-state index in [0.29, 0.717) is 19.0 Å². The van der Waals surface area contributed by atoms with Gasteiger partial charge in [0.1, 0.15) is 0 Å². The van der Waals surface area contributed by atoms with Crippen molar-refractivity contribution in [1.29, 1.82) is 0 Å². The van der Waals surface area contributed by atoms with Gasteiger partial charge in [0.25, 0.3) is 0 Å². The zero-order chi connectivity index (χ0) is 14.9. The van der Waals surface area contributed by atoms with Crippen LogP contribution in [0, 0.1) is 5.92 Å². The summed E-state index contributed by atoms with van der Waals surface area (Å²) in [4.78, 5) is 18.0. The lowest BCUT2D eigenvalue weighted by atomic mass is 10.0. The minimum atomic E-state index is 0.0111. The topological polar surface area (TPSA) is 54.5 Å². The Balaban J connectivity index is 1.67. The van der Waals surface area contributed by atoms with Crippen molar-refractivity contribution in [2.24, 2.45) is 5.92 Å². The van der Waals surface area contributed by atoms with Crippen molar-refractivity contribution < 1.29 is 9.53 Å². The first kappa shape index (κ1) is 15.8. The highest BCUT2D eigenvalue weighted by atomic mass is 16.5. The monoisotopic (exact) mass is 291 g/mol. The van der Waals surface area contributed by atoms with Crippen LogP contribution in [-0.4, -0.2) is 42.2 Å². The number of nitrogens with one attached hydrogen (secondary N) is 1. The maximum atomic E-state index is 12.1. The van der Waals surface area contributed by atoms with Gasteiger partial charge < -0.3 is 15.0 Å². The molecule has 0 unspecified atom stereocenters. The number of ether oxygens (including phenoxy) is 1. The molecule has 0 aromatic carbocycles. The molecular formula is C16H25N3O2. The van der Waals surface area contributed by atoms with Crippen molar-refractivity contribution >= 4 is 6.03 Å². The van der Waals surface area contributed by atoms with Gasteiger partial charge in [-0.3, -0.25) is 4.98 Å². The molecule has 2 heterocycles. The molecule has 1 atom stereocenters. The lowest BCUT2D eigenvalue weighted by Crippen LogP contribution is -2.39. The molecule has 1 aromatic heterocycles. The number of amides is 2. The van der Waals surface area contributed by atoms with Crippen molar-refractivity contribution in [2.75, 3.05) is 26.3 Å². The van der Waals surface area contributed by atoms with Crippen molar-refractivity contribution in [1.82, 2.24) is 15.2 Å². The highest BCUT2D eigenvalue weighted by Crippen LogP contribution is 2.17. The van der Waals surface area contributed by atoms with Gasteiger partial charge in [-0.1, -0.05) is 0 Å². The zero-order valence-corrected chi connectivity index (χ0v) is 12.8. The standard InChI is InChI=1S/C16H25N3O2/c1-2-19(12-14-5-9-17-10-6-14)16(20)18-8-3-4-15-7-11-21-13-15/h5-6,9-10,15H,2-4,7-8,11-13H2,1H3,(H,18,20)/t15-/m0/s1. The van der Waals surface area contributed by atoms with Gasteiger partial charge in [0.05, 0.1) is 0 Å².